The Morgan fingerprint density at radius 1 is 1.33 bits per heavy atom. The van der Waals surface area contributed by atoms with Gasteiger partial charge in [-0.15, -0.1) is 0 Å². The van der Waals surface area contributed by atoms with Crippen LogP contribution in [0.1, 0.15) is 15.9 Å². The van der Waals surface area contributed by atoms with Crippen molar-refractivity contribution >= 4 is 17.6 Å². The summed E-state index contributed by atoms with van der Waals surface area (Å²) in [7, 11) is 1.27. The molecule has 0 aliphatic heterocycles. The molecule has 0 aliphatic rings. The van der Waals surface area contributed by atoms with Gasteiger partial charge in [-0.2, -0.15) is 0 Å². The average molecular weight is 313 g/mol. The van der Waals surface area contributed by atoms with Crippen molar-refractivity contribution < 1.29 is 14.3 Å². The number of rotatable bonds is 3. The highest BCUT2D eigenvalue weighted by atomic mass is 35.5. The summed E-state index contributed by atoms with van der Waals surface area (Å²) in [6, 6.07) is 4.16. The van der Waals surface area contributed by atoms with E-state index in [4.69, 9.17) is 16.7 Å². The molecule has 0 bridgehead atoms. The zero-order chi connectivity index (χ0) is 15.7. The van der Waals surface area contributed by atoms with Gasteiger partial charge in [-0.3, -0.25) is 13.9 Å². The van der Waals surface area contributed by atoms with Gasteiger partial charge in [0, 0.05) is 13.1 Å². The fraction of sp³-hybridized carbons (Fsp3) is 0.154. The van der Waals surface area contributed by atoms with E-state index < -0.39 is 23.0 Å². The molecule has 0 aliphatic carbocycles. The fourth-order valence-corrected chi connectivity index (χ4v) is 2.08. The fourth-order valence-electron chi connectivity index (χ4n) is 1.86. The van der Waals surface area contributed by atoms with Gasteiger partial charge < -0.3 is 5.11 Å². The molecule has 0 radical (unpaired) electrons. The lowest BCUT2D eigenvalue weighted by Gasteiger charge is -2.11. The first kappa shape index (κ1) is 15.0. The van der Waals surface area contributed by atoms with E-state index in [2.05, 4.69) is 0 Å². The Labute approximate surface area is 122 Å². The third-order valence-electron chi connectivity index (χ3n) is 2.98. The number of halogens is 2. The number of benzene rings is 1. The molecule has 1 N–H and O–H groups in total. The SMILES string of the molecule is Cn1c(=O)cc(Cl)n(Cc2cc(F)ccc2C(=O)O)c1=O. The van der Waals surface area contributed by atoms with E-state index in [9.17, 15) is 18.8 Å². The highest BCUT2D eigenvalue weighted by Crippen LogP contribution is 2.14. The van der Waals surface area contributed by atoms with E-state index in [1.165, 1.54) is 7.05 Å². The molecule has 1 aromatic carbocycles. The van der Waals surface area contributed by atoms with E-state index in [0.717, 1.165) is 33.4 Å². The van der Waals surface area contributed by atoms with Gasteiger partial charge in [0.05, 0.1) is 12.1 Å². The Hall–Kier alpha value is -2.41. The van der Waals surface area contributed by atoms with Crippen molar-refractivity contribution in [2.24, 2.45) is 7.05 Å². The summed E-state index contributed by atoms with van der Waals surface area (Å²) >= 11 is 5.84. The predicted molar refractivity (Wildman–Crippen MR) is 73.4 cm³/mol. The largest absolute Gasteiger partial charge is 0.478 e. The minimum absolute atomic E-state index is 0.0742. The van der Waals surface area contributed by atoms with Crippen LogP contribution < -0.4 is 11.2 Å². The smallest absolute Gasteiger partial charge is 0.336 e. The first-order chi connectivity index (χ1) is 9.81. The van der Waals surface area contributed by atoms with Gasteiger partial charge in [-0.1, -0.05) is 11.6 Å². The van der Waals surface area contributed by atoms with Crippen molar-refractivity contribution in [3.63, 3.8) is 0 Å². The zero-order valence-electron chi connectivity index (χ0n) is 10.8. The van der Waals surface area contributed by atoms with Crippen molar-refractivity contribution in [3.05, 3.63) is 67.2 Å². The van der Waals surface area contributed by atoms with Crippen molar-refractivity contribution in [2.45, 2.75) is 6.54 Å². The van der Waals surface area contributed by atoms with Crippen LogP contribution >= 0.6 is 11.6 Å². The van der Waals surface area contributed by atoms with E-state index >= 15 is 0 Å². The van der Waals surface area contributed by atoms with Crippen LogP contribution in [-0.4, -0.2) is 20.2 Å². The number of aromatic nitrogens is 2. The van der Waals surface area contributed by atoms with E-state index in [-0.39, 0.29) is 22.8 Å². The molecule has 2 aromatic rings. The molecule has 0 fully saturated rings. The second kappa shape index (κ2) is 5.53. The summed E-state index contributed by atoms with van der Waals surface area (Å²) in [6.45, 7) is -0.259. The normalized spacial score (nSPS) is 10.6. The zero-order valence-corrected chi connectivity index (χ0v) is 11.6. The van der Waals surface area contributed by atoms with Crippen molar-refractivity contribution in [2.75, 3.05) is 0 Å². The van der Waals surface area contributed by atoms with Crippen LogP contribution in [0.4, 0.5) is 4.39 Å². The van der Waals surface area contributed by atoms with Crippen molar-refractivity contribution in [3.8, 4) is 0 Å². The number of hydrogen-bond donors (Lipinski definition) is 1. The maximum Gasteiger partial charge on any atom is 0.336 e. The first-order valence-electron chi connectivity index (χ1n) is 5.79. The molecular weight excluding hydrogens is 303 g/mol. The Kier molecular flexibility index (Phi) is 3.95. The number of carboxylic acids is 1. The Bertz CT molecular complexity index is 841. The standard InChI is InChI=1S/C13H10ClFN2O4/c1-16-11(18)5-10(14)17(13(16)21)6-7-4-8(15)2-3-9(7)12(19)20/h2-5H,6H2,1H3,(H,19,20). The van der Waals surface area contributed by atoms with Crippen LogP contribution in [-0.2, 0) is 13.6 Å². The molecule has 6 nitrogen and oxygen atoms in total. The second-order valence-electron chi connectivity index (χ2n) is 4.34. The minimum atomic E-state index is -1.25. The lowest BCUT2D eigenvalue weighted by Crippen LogP contribution is -2.38. The molecule has 0 atom stereocenters. The predicted octanol–water partition coefficient (Wildman–Crippen LogP) is 1.09. The van der Waals surface area contributed by atoms with Gasteiger partial charge in [0.25, 0.3) is 5.56 Å². The molecule has 0 unspecified atom stereocenters. The second-order valence-corrected chi connectivity index (χ2v) is 4.73. The molecule has 110 valence electrons. The number of carboxylic acid groups (broad SMARTS) is 1. The summed E-state index contributed by atoms with van der Waals surface area (Å²) in [4.78, 5) is 34.5. The number of nitrogens with zero attached hydrogens (tertiary/aromatic N) is 2. The van der Waals surface area contributed by atoms with E-state index in [1.807, 2.05) is 0 Å². The third kappa shape index (κ3) is 2.87. The molecule has 0 spiro atoms. The van der Waals surface area contributed by atoms with Gasteiger partial charge in [0.1, 0.15) is 11.0 Å². The quantitative estimate of drug-likeness (QED) is 0.860. The molecule has 0 saturated heterocycles. The van der Waals surface area contributed by atoms with Crippen LogP contribution in [0.15, 0.2) is 33.9 Å². The van der Waals surface area contributed by atoms with E-state index in [0.29, 0.717) is 0 Å². The molecule has 2 rings (SSSR count). The van der Waals surface area contributed by atoms with Crippen LogP contribution in [0.5, 0.6) is 0 Å². The number of hydrogen-bond acceptors (Lipinski definition) is 3. The average Bonchev–Trinajstić information content (AvgIpc) is 2.41. The van der Waals surface area contributed by atoms with Gasteiger partial charge in [-0.25, -0.2) is 14.0 Å². The maximum atomic E-state index is 13.3. The van der Waals surface area contributed by atoms with Gasteiger partial charge in [-0.05, 0) is 23.8 Å². The highest BCUT2D eigenvalue weighted by molar-refractivity contribution is 6.29. The summed E-state index contributed by atoms with van der Waals surface area (Å²) in [6.07, 6.45) is 0. The van der Waals surface area contributed by atoms with Gasteiger partial charge in [0.15, 0.2) is 0 Å². The Balaban J connectivity index is 2.61. The lowest BCUT2D eigenvalue weighted by molar-refractivity contribution is 0.0695. The van der Waals surface area contributed by atoms with Gasteiger partial charge in [0.2, 0.25) is 0 Å². The summed E-state index contributed by atoms with van der Waals surface area (Å²) < 4.78 is 15.1. The summed E-state index contributed by atoms with van der Waals surface area (Å²) in [5, 5.41) is 8.92. The monoisotopic (exact) mass is 312 g/mol. The van der Waals surface area contributed by atoms with E-state index in [1.54, 1.807) is 0 Å². The Morgan fingerprint density at radius 2 is 2.00 bits per heavy atom. The molecule has 1 aromatic heterocycles. The lowest BCUT2D eigenvalue weighted by atomic mass is 10.1. The maximum absolute atomic E-state index is 13.3. The molecule has 8 heteroatoms. The molecule has 0 saturated carbocycles. The summed E-state index contributed by atoms with van der Waals surface area (Å²) in [5.74, 6) is -1.89. The molecular formula is C13H10ClFN2O4. The number of carbonyl (C=O) groups is 1. The molecule has 0 amide bonds. The summed E-state index contributed by atoms with van der Waals surface area (Å²) in [5.41, 5.74) is -1.37. The van der Waals surface area contributed by atoms with Crippen LogP contribution in [0.2, 0.25) is 5.15 Å². The molecule has 1 heterocycles. The van der Waals surface area contributed by atoms with Crippen LogP contribution in [0.3, 0.4) is 0 Å². The number of aromatic carboxylic acids is 1. The topological polar surface area (TPSA) is 81.3 Å². The van der Waals surface area contributed by atoms with Crippen molar-refractivity contribution in [1.82, 2.24) is 9.13 Å². The third-order valence-corrected chi connectivity index (χ3v) is 3.29. The Morgan fingerprint density at radius 3 is 2.62 bits per heavy atom. The van der Waals surface area contributed by atoms with Crippen LogP contribution in [0, 0.1) is 5.82 Å². The minimum Gasteiger partial charge on any atom is -0.478 e. The van der Waals surface area contributed by atoms with Gasteiger partial charge >= 0.3 is 11.7 Å². The van der Waals surface area contributed by atoms with Crippen molar-refractivity contribution in [1.29, 1.82) is 0 Å². The van der Waals surface area contributed by atoms with Crippen LogP contribution in [0.25, 0.3) is 0 Å². The highest BCUT2D eigenvalue weighted by Gasteiger charge is 2.14. The molecule has 21 heavy (non-hydrogen) atoms. The first-order valence-corrected chi connectivity index (χ1v) is 6.17.